The highest BCUT2D eigenvalue weighted by Gasteiger charge is 2.31. The van der Waals surface area contributed by atoms with Crippen molar-refractivity contribution in [3.63, 3.8) is 0 Å². The summed E-state index contributed by atoms with van der Waals surface area (Å²) in [6, 6.07) is 5.01. The summed E-state index contributed by atoms with van der Waals surface area (Å²) in [5.41, 5.74) is 1.36. The van der Waals surface area contributed by atoms with E-state index in [1.807, 2.05) is 11.0 Å². The Morgan fingerprint density at radius 2 is 1.96 bits per heavy atom. The maximum atomic E-state index is 13.6. The largest absolute Gasteiger partial charge is 0.352 e. The van der Waals surface area contributed by atoms with Gasteiger partial charge in [0.1, 0.15) is 5.82 Å². The Bertz CT molecular complexity index is 642. The summed E-state index contributed by atoms with van der Waals surface area (Å²) in [6.07, 6.45) is 2.30. The van der Waals surface area contributed by atoms with Crippen LogP contribution in [0.1, 0.15) is 30.4 Å². The van der Waals surface area contributed by atoms with Crippen molar-refractivity contribution in [2.75, 3.05) is 26.2 Å². The predicted octanol–water partition coefficient (Wildman–Crippen LogP) is 2.02. The average Bonchev–Trinajstić information content (AvgIpc) is 3.16. The summed E-state index contributed by atoms with van der Waals surface area (Å²) in [4.78, 5) is 26.6. The molecule has 1 aromatic carbocycles. The number of piperidine rings is 1. The van der Waals surface area contributed by atoms with Crippen LogP contribution in [0.15, 0.2) is 18.2 Å². The number of aryl methyl sites for hydroxylation is 1. The third-order valence-electron chi connectivity index (χ3n) is 5.29. The van der Waals surface area contributed by atoms with E-state index in [0.29, 0.717) is 38.0 Å². The molecule has 2 aliphatic heterocycles. The highest BCUT2D eigenvalue weighted by molar-refractivity contribution is 5.85. The standard InChI is InChI=1S/C19H26FN3O2.ClH/c1-13-2-3-14(10-17(13)20)11-22-18(24)15-5-8-23(9-6-15)19(25)16-4-7-21-12-16;/h2-3,10,15-16,21H,4-9,11-12H2,1H3,(H,22,24);1H. The molecule has 1 unspecified atom stereocenters. The molecule has 1 atom stereocenters. The number of nitrogens with zero attached hydrogens (tertiary/aromatic N) is 1. The van der Waals surface area contributed by atoms with Gasteiger partial charge in [-0.3, -0.25) is 9.59 Å². The number of rotatable bonds is 4. The third kappa shape index (κ3) is 4.95. The quantitative estimate of drug-likeness (QED) is 0.836. The fourth-order valence-corrected chi connectivity index (χ4v) is 3.57. The molecule has 0 aliphatic carbocycles. The number of hydrogen-bond donors (Lipinski definition) is 2. The Morgan fingerprint density at radius 3 is 2.58 bits per heavy atom. The van der Waals surface area contributed by atoms with Crippen LogP contribution in [-0.2, 0) is 16.1 Å². The summed E-state index contributed by atoms with van der Waals surface area (Å²) >= 11 is 0. The van der Waals surface area contributed by atoms with Gasteiger partial charge < -0.3 is 15.5 Å². The molecule has 26 heavy (non-hydrogen) atoms. The van der Waals surface area contributed by atoms with Gasteiger partial charge in [0.25, 0.3) is 0 Å². The van der Waals surface area contributed by atoms with Gasteiger partial charge in [0, 0.05) is 32.1 Å². The van der Waals surface area contributed by atoms with E-state index in [-0.39, 0.29) is 41.9 Å². The molecule has 2 N–H and O–H groups in total. The number of nitrogens with one attached hydrogen (secondary N) is 2. The van der Waals surface area contributed by atoms with Crippen molar-refractivity contribution in [3.05, 3.63) is 35.1 Å². The Kier molecular flexibility index (Phi) is 7.41. The molecule has 2 aliphatic rings. The summed E-state index contributed by atoms with van der Waals surface area (Å²) in [5, 5.41) is 6.12. The van der Waals surface area contributed by atoms with Crippen LogP contribution in [0.3, 0.4) is 0 Å². The van der Waals surface area contributed by atoms with Crippen molar-refractivity contribution < 1.29 is 14.0 Å². The van der Waals surface area contributed by atoms with E-state index in [2.05, 4.69) is 10.6 Å². The highest BCUT2D eigenvalue weighted by Crippen LogP contribution is 2.21. The fourth-order valence-electron chi connectivity index (χ4n) is 3.57. The lowest BCUT2D eigenvalue weighted by Crippen LogP contribution is -2.45. The van der Waals surface area contributed by atoms with E-state index in [0.717, 1.165) is 25.1 Å². The topological polar surface area (TPSA) is 61.4 Å². The number of likely N-dealkylation sites (tertiary alicyclic amines) is 1. The maximum absolute atomic E-state index is 13.6. The molecule has 2 saturated heterocycles. The van der Waals surface area contributed by atoms with E-state index in [4.69, 9.17) is 0 Å². The molecule has 1 aromatic rings. The van der Waals surface area contributed by atoms with Crippen LogP contribution in [0.25, 0.3) is 0 Å². The summed E-state index contributed by atoms with van der Waals surface area (Å²) in [7, 11) is 0. The number of benzene rings is 1. The van der Waals surface area contributed by atoms with E-state index < -0.39 is 0 Å². The van der Waals surface area contributed by atoms with Crippen molar-refractivity contribution in [3.8, 4) is 0 Å². The SMILES string of the molecule is Cc1ccc(CNC(=O)C2CCN(C(=O)C3CCNC3)CC2)cc1F.Cl. The number of halogens is 2. The van der Waals surface area contributed by atoms with Crippen molar-refractivity contribution in [1.29, 1.82) is 0 Å². The van der Waals surface area contributed by atoms with Gasteiger partial charge >= 0.3 is 0 Å². The van der Waals surface area contributed by atoms with Crippen molar-refractivity contribution in [1.82, 2.24) is 15.5 Å². The van der Waals surface area contributed by atoms with Gasteiger partial charge in [0.15, 0.2) is 0 Å². The third-order valence-corrected chi connectivity index (χ3v) is 5.29. The molecular formula is C19H27ClFN3O2. The number of carbonyl (C=O) groups is 2. The molecule has 144 valence electrons. The molecular weight excluding hydrogens is 357 g/mol. The van der Waals surface area contributed by atoms with Crippen LogP contribution in [0.5, 0.6) is 0 Å². The molecule has 5 nitrogen and oxygen atoms in total. The number of amides is 2. The van der Waals surface area contributed by atoms with Crippen LogP contribution < -0.4 is 10.6 Å². The van der Waals surface area contributed by atoms with Crippen LogP contribution >= 0.6 is 12.4 Å². The molecule has 0 spiro atoms. The van der Waals surface area contributed by atoms with Crippen LogP contribution in [0, 0.1) is 24.6 Å². The Morgan fingerprint density at radius 1 is 1.23 bits per heavy atom. The van der Waals surface area contributed by atoms with Gasteiger partial charge in [-0.25, -0.2) is 4.39 Å². The van der Waals surface area contributed by atoms with Crippen LogP contribution in [0.4, 0.5) is 4.39 Å². The minimum Gasteiger partial charge on any atom is -0.352 e. The Balaban J connectivity index is 0.00000243. The first-order valence-electron chi connectivity index (χ1n) is 9.07. The lowest BCUT2D eigenvalue weighted by molar-refractivity contribution is -0.138. The summed E-state index contributed by atoms with van der Waals surface area (Å²) < 4.78 is 13.6. The van der Waals surface area contributed by atoms with Gasteiger partial charge in [-0.2, -0.15) is 0 Å². The first-order chi connectivity index (χ1) is 12.0. The highest BCUT2D eigenvalue weighted by atomic mass is 35.5. The second-order valence-corrected chi connectivity index (χ2v) is 7.09. The first kappa shape index (κ1) is 20.6. The van der Waals surface area contributed by atoms with Gasteiger partial charge in [0.05, 0.1) is 5.92 Å². The minimum atomic E-state index is -0.250. The van der Waals surface area contributed by atoms with Gasteiger partial charge in [-0.05, 0) is 49.9 Å². The van der Waals surface area contributed by atoms with E-state index in [1.54, 1.807) is 13.0 Å². The van der Waals surface area contributed by atoms with E-state index >= 15 is 0 Å². The molecule has 0 aromatic heterocycles. The maximum Gasteiger partial charge on any atom is 0.227 e. The normalized spacial score (nSPS) is 20.5. The van der Waals surface area contributed by atoms with Crippen molar-refractivity contribution in [2.45, 2.75) is 32.7 Å². The first-order valence-corrected chi connectivity index (χ1v) is 9.07. The van der Waals surface area contributed by atoms with Gasteiger partial charge in [0.2, 0.25) is 11.8 Å². The van der Waals surface area contributed by atoms with Gasteiger partial charge in [-0.15, -0.1) is 12.4 Å². The molecule has 2 fully saturated rings. The van der Waals surface area contributed by atoms with Crippen molar-refractivity contribution in [2.24, 2.45) is 11.8 Å². The average molecular weight is 384 g/mol. The lowest BCUT2D eigenvalue weighted by Gasteiger charge is -2.32. The minimum absolute atomic E-state index is 0. The van der Waals surface area contributed by atoms with Crippen LogP contribution in [-0.4, -0.2) is 42.9 Å². The lowest BCUT2D eigenvalue weighted by atomic mass is 9.94. The van der Waals surface area contributed by atoms with E-state index in [9.17, 15) is 14.0 Å². The smallest absolute Gasteiger partial charge is 0.227 e. The second-order valence-electron chi connectivity index (χ2n) is 7.09. The molecule has 0 radical (unpaired) electrons. The fraction of sp³-hybridized carbons (Fsp3) is 0.579. The summed E-state index contributed by atoms with van der Waals surface area (Å²) in [5.74, 6) is -0.00238. The zero-order chi connectivity index (χ0) is 17.8. The van der Waals surface area contributed by atoms with Crippen LogP contribution in [0.2, 0.25) is 0 Å². The zero-order valence-corrected chi connectivity index (χ0v) is 15.9. The number of hydrogen-bond acceptors (Lipinski definition) is 3. The molecule has 2 heterocycles. The summed E-state index contributed by atoms with van der Waals surface area (Å²) in [6.45, 7) is 5.03. The number of carbonyl (C=O) groups excluding carboxylic acids is 2. The van der Waals surface area contributed by atoms with Gasteiger partial charge in [-0.1, -0.05) is 12.1 Å². The molecule has 0 bridgehead atoms. The molecule has 7 heteroatoms. The second kappa shape index (κ2) is 9.33. The monoisotopic (exact) mass is 383 g/mol. The zero-order valence-electron chi connectivity index (χ0n) is 15.1. The molecule has 3 rings (SSSR count). The Labute approximate surface area is 160 Å². The van der Waals surface area contributed by atoms with Crippen molar-refractivity contribution >= 4 is 24.2 Å². The molecule has 0 saturated carbocycles. The Hall–Kier alpha value is -1.66. The predicted molar refractivity (Wildman–Crippen MR) is 101 cm³/mol. The van der Waals surface area contributed by atoms with E-state index in [1.165, 1.54) is 6.07 Å². The molecule has 2 amide bonds.